The zero-order valence-electron chi connectivity index (χ0n) is 11.7. The maximum absolute atomic E-state index is 12.1. The van der Waals surface area contributed by atoms with E-state index < -0.39 is 15.9 Å². The Hall–Kier alpha value is -2.35. The third kappa shape index (κ3) is 3.05. The number of amides is 1. The van der Waals surface area contributed by atoms with Gasteiger partial charge in [-0.05, 0) is 38.1 Å². The van der Waals surface area contributed by atoms with Crippen LogP contribution in [0.2, 0.25) is 0 Å². The molecule has 1 heterocycles. The summed E-state index contributed by atoms with van der Waals surface area (Å²) >= 11 is 0. The Morgan fingerprint density at radius 1 is 1.24 bits per heavy atom. The summed E-state index contributed by atoms with van der Waals surface area (Å²) in [7, 11) is -2.49. The Bertz CT molecular complexity index is 743. The number of sulfonamides is 1. The number of carbonyl (C=O) groups excluding carboxylic acids is 1. The molecule has 0 saturated heterocycles. The molecule has 0 saturated carbocycles. The Kier molecular flexibility index (Phi) is 3.99. The Balaban J connectivity index is 2.26. The molecule has 0 spiro atoms. The first-order valence-corrected chi connectivity index (χ1v) is 7.47. The highest BCUT2D eigenvalue weighted by molar-refractivity contribution is 7.90. The van der Waals surface area contributed by atoms with Crippen LogP contribution in [0.4, 0.5) is 0 Å². The Morgan fingerprint density at radius 3 is 2.33 bits per heavy atom. The van der Waals surface area contributed by atoms with Crippen LogP contribution < -0.4 is 9.46 Å². The summed E-state index contributed by atoms with van der Waals surface area (Å²) < 4.78 is 36.1. The number of aryl methyl sites for hydroxylation is 2. The second-order valence-corrected chi connectivity index (χ2v) is 5.99. The molecular weight excluding hydrogens is 296 g/mol. The van der Waals surface area contributed by atoms with Crippen LogP contribution in [0, 0.1) is 13.8 Å². The van der Waals surface area contributed by atoms with Gasteiger partial charge < -0.3 is 9.26 Å². The molecule has 1 aromatic carbocycles. The molecule has 0 aliphatic carbocycles. The summed E-state index contributed by atoms with van der Waals surface area (Å²) in [5, 5.41) is 3.62. The Morgan fingerprint density at radius 2 is 1.86 bits per heavy atom. The van der Waals surface area contributed by atoms with E-state index in [0.29, 0.717) is 11.4 Å². The molecule has 0 radical (unpaired) electrons. The highest BCUT2D eigenvalue weighted by atomic mass is 32.2. The number of nitrogens with zero attached hydrogens (tertiary/aromatic N) is 1. The topological polar surface area (TPSA) is 98.5 Å². The zero-order chi connectivity index (χ0) is 15.6. The van der Waals surface area contributed by atoms with E-state index in [1.54, 1.807) is 6.92 Å². The fourth-order valence-corrected chi connectivity index (χ4v) is 2.75. The van der Waals surface area contributed by atoms with Gasteiger partial charge in [0.25, 0.3) is 15.9 Å². The third-order valence-electron chi connectivity index (χ3n) is 2.86. The van der Waals surface area contributed by atoms with E-state index in [1.807, 2.05) is 4.72 Å². The summed E-state index contributed by atoms with van der Waals surface area (Å²) in [4.78, 5) is 12.0. The average molecular weight is 310 g/mol. The van der Waals surface area contributed by atoms with E-state index in [2.05, 4.69) is 5.16 Å². The minimum atomic E-state index is -3.97. The van der Waals surface area contributed by atoms with Gasteiger partial charge in [-0.15, -0.1) is 0 Å². The molecule has 2 rings (SSSR count). The van der Waals surface area contributed by atoms with Crippen molar-refractivity contribution >= 4 is 15.9 Å². The van der Waals surface area contributed by atoms with Crippen LogP contribution in [-0.4, -0.2) is 26.6 Å². The molecule has 1 amide bonds. The highest BCUT2D eigenvalue weighted by Crippen LogP contribution is 2.17. The second-order valence-electron chi connectivity index (χ2n) is 4.31. The molecule has 1 aromatic heterocycles. The predicted molar refractivity (Wildman–Crippen MR) is 73.6 cm³/mol. The van der Waals surface area contributed by atoms with E-state index in [0.717, 1.165) is 0 Å². The van der Waals surface area contributed by atoms with Crippen molar-refractivity contribution in [3.63, 3.8) is 0 Å². The van der Waals surface area contributed by atoms with Gasteiger partial charge >= 0.3 is 0 Å². The summed E-state index contributed by atoms with van der Waals surface area (Å²) in [6.45, 7) is 3.10. The number of benzene rings is 1. The smallest absolute Gasteiger partial charge is 0.270 e. The first-order chi connectivity index (χ1) is 9.85. The molecule has 7 nitrogen and oxygen atoms in total. The quantitative estimate of drug-likeness (QED) is 0.917. The maximum atomic E-state index is 12.1. The van der Waals surface area contributed by atoms with Crippen LogP contribution in [0.5, 0.6) is 5.75 Å². The first kappa shape index (κ1) is 15.0. The number of nitrogens with one attached hydrogen (secondary N) is 1. The molecule has 0 atom stereocenters. The van der Waals surface area contributed by atoms with Gasteiger partial charge in [-0.25, -0.2) is 13.1 Å². The normalized spacial score (nSPS) is 11.2. The first-order valence-electron chi connectivity index (χ1n) is 5.99. The van der Waals surface area contributed by atoms with Gasteiger partial charge in [0, 0.05) is 0 Å². The molecule has 0 unspecified atom stereocenters. The van der Waals surface area contributed by atoms with E-state index in [4.69, 9.17) is 9.26 Å². The second kappa shape index (κ2) is 5.57. The number of ether oxygens (including phenoxy) is 1. The lowest BCUT2D eigenvalue weighted by Crippen LogP contribution is -2.31. The zero-order valence-corrected chi connectivity index (χ0v) is 12.5. The highest BCUT2D eigenvalue weighted by Gasteiger charge is 2.23. The van der Waals surface area contributed by atoms with Gasteiger partial charge in [0.05, 0.1) is 17.7 Å². The molecule has 0 aliphatic rings. The van der Waals surface area contributed by atoms with Crippen molar-refractivity contribution in [3.05, 3.63) is 41.3 Å². The summed E-state index contributed by atoms with van der Waals surface area (Å²) in [6.07, 6.45) is 0. The van der Waals surface area contributed by atoms with Crippen LogP contribution in [0.15, 0.2) is 33.7 Å². The monoisotopic (exact) mass is 310 g/mol. The van der Waals surface area contributed by atoms with E-state index in [9.17, 15) is 13.2 Å². The Labute approximate surface area is 121 Å². The van der Waals surface area contributed by atoms with Crippen molar-refractivity contribution in [1.29, 1.82) is 0 Å². The van der Waals surface area contributed by atoms with Crippen LogP contribution in [0.25, 0.3) is 0 Å². The number of hydrogen-bond donors (Lipinski definition) is 1. The van der Waals surface area contributed by atoms with Crippen LogP contribution in [-0.2, 0) is 10.0 Å². The molecule has 0 fully saturated rings. The fourth-order valence-electron chi connectivity index (χ4n) is 1.79. The summed E-state index contributed by atoms with van der Waals surface area (Å²) in [5.74, 6) is 0.00278. The van der Waals surface area contributed by atoms with E-state index >= 15 is 0 Å². The van der Waals surface area contributed by atoms with Crippen molar-refractivity contribution < 1.29 is 22.5 Å². The van der Waals surface area contributed by atoms with E-state index in [1.165, 1.54) is 38.3 Å². The number of rotatable bonds is 4. The predicted octanol–water partition coefficient (Wildman–Crippen LogP) is 1.42. The van der Waals surface area contributed by atoms with Gasteiger partial charge in [-0.3, -0.25) is 4.79 Å². The van der Waals surface area contributed by atoms with Crippen molar-refractivity contribution in [1.82, 2.24) is 9.88 Å². The van der Waals surface area contributed by atoms with Crippen LogP contribution >= 0.6 is 0 Å². The van der Waals surface area contributed by atoms with Gasteiger partial charge in [-0.1, -0.05) is 5.16 Å². The third-order valence-corrected chi connectivity index (χ3v) is 4.20. The van der Waals surface area contributed by atoms with Gasteiger partial charge in [0.15, 0.2) is 0 Å². The van der Waals surface area contributed by atoms with Gasteiger partial charge in [0.2, 0.25) is 0 Å². The molecule has 1 N–H and O–H groups in total. The lowest BCUT2D eigenvalue weighted by Gasteiger charge is -2.07. The molecular formula is C13H14N2O5S. The number of methoxy groups -OCH3 is 1. The molecule has 8 heteroatoms. The van der Waals surface area contributed by atoms with Crippen LogP contribution in [0.1, 0.15) is 21.8 Å². The molecule has 0 bridgehead atoms. The van der Waals surface area contributed by atoms with Gasteiger partial charge in [0.1, 0.15) is 17.1 Å². The van der Waals surface area contributed by atoms with E-state index in [-0.39, 0.29) is 16.2 Å². The van der Waals surface area contributed by atoms with Crippen molar-refractivity contribution in [2.45, 2.75) is 18.7 Å². The minimum absolute atomic E-state index is 0.0385. The number of carbonyl (C=O) groups is 1. The number of aromatic nitrogens is 1. The summed E-state index contributed by atoms with van der Waals surface area (Å²) in [6, 6.07) is 5.69. The molecule has 21 heavy (non-hydrogen) atoms. The van der Waals surface area contributed by atoms with Crippen molar-refractivity contribution in [2.75, 3.05) is 7.11 Å². The fraction of sp³-hybridized carbons (Fsp3) is 0.231. The maximum Gasteiger partial charge on any atom is 0.270 e. The minimum Gasteiger partial charge on any atom is -0.497 e. The van der Waals surface area contributed by atoms with Gasteiger partial charge in [-0.2, -0.15) is 0 Å². The largest absolute Gasteiger partial charge is 0.497 e. The lowest BCUT2D eigenvalue weighted by molar-refractivity contribution is 0.0979. The number of hydrogen-bond acceptors (Lipinski definition) is 6. The molecule has 0 aliphatic heterocycles. The summed E-state index contributed by atoms with van der Waals surface area (Å²) in [5.41, 5.74) is 0.446. The molecule has 2 aromatic rings. The average Bonchev–Trinajstić information content (AvgIpc) is 2.77. The lowest BCUT2D eigenvalue weighted by atomic mass is 10.2. The SMILES string of the molecule is COc1ccc(S(=O)(=O)NC(=O)c2c(C)noc2C)cc1. The van der Waals surface area contributed by atoms with Crippen molar-refractivity contribution in [2.24, 2.45) is 0 Å². The molecule has 112 valence electrons. The van der Waals surface area contributed by atoms with Crippen LogP contribution in [0.3, 0.4) is 0 Å². The van der Waals surface area contributed by atoms with Crippen molar-refractivity contribution in [3.8, 4) is 5.75 Å². The standard InChI is InChI=1S/C13H14N2O5S/c1-8-12(9(2)20-14-8)13(16)15-21(17,18)11-6-4-10(19-3)5-7-11/h4-7H,1-3H3,(H,15,16).